The van der Waals surface area contributed by atoms with Gasteiger partial charge in [-0.15, -0.1) is 0 Å². The van der Waals surface area contributed by atoms with Crippen molar-refractivity contribution in [1.29, 1.82) is 0 Å². The topological polar surface area (TPSA) is 49.8 Å². The minimum absolute atomic E-state index is 0.0287. The number of halogens is 1. The molecule has 1 aliphatic carbocycles. The number of aromatic hydroxyl groups is 1. The van der Waals surface area contributed by atoms with Crippen LogP contribution in [0.15, 0.2) is 21.5 Å². The van der Waals surface area contributed by atoms with Crippen molar-refractivity contribution in [1.82, 2.24) is 4.90 Å². The predicted octanol–water partition coefficient (Wildman–Crippen LogP) is 5.33. The molecule has 0 aromatic heterocycles. The highest BCUT2D eigenvalue weighted by atomic mass is 79.9. The molecule has 140 valence electrons. The van der Waals surface area contributed by atoms with Crippen LogP contribution in [0.2, 0.25) is 0 Å². The Morgan fingerprint density at radius 1 is 1.38 bits per heavy atom. The number of phenols is 1. The lowest BCUT2D eigenvalue weighted by atomic mass is 9.87. The number of phenolic OH excluding ortho intramolecular Hbond substituents is 1. The number of hydrogen-bond acceptors (Lipinski definition) is 5. The van der Waals surface area contributed by atoms with Crippen LogP contribution in [0.1, 0.15) is 44.1 Å². The Hall–Kier alpha value is -1.05. The van der Waals surface area contributed by atoms with Crippen LogP contribution in [-0.4, -0.2) is 33.9 Å². The lowest BCUT2D eigenvalue weighted by Crippen LogP contribution is -2.30. The number of benzene rings is 1. The van der Waals surface area contributed by atoms with Crippen molar-refractivity contribution in [3.05, 3.63) is 27.1 Å². The normalized spacial score (nSPS) is 20.2. The quantitative estimate of drug-likeness (QED) is 0.479. The summed E-state index contributed by atoms with van der Waals surface area (Å²) in [5, 5.41) is 9.92. The van der Waals surface area contributed by atoms with Crippen LogP contribution in [0.5, 0.6) is 11.5 Å². The van der Waals surface area contributed by atoms with E-state index >= 15 is 0 Å². The summed E-state index contributed by atoms with van der Waals surface area (Å²) in [6.45, 7) is 0.704. The summed E-state index contributed by atoms with van der Waals surface area (Å²) < 4.78 is 6.32. The van der Waals surface area contributed by atoms with Gasteiger partial charge in [0, 0.05) is 6.54 Å². The van der Waals surface area contributed by atoms with Crippen molar-refractivity contribution in [3.8, 4) is 11.5 Å². The zero-order chi connectivity index (χ0) is 18.7. The van der Waals surface area contributed by atoms with Gasteiger partial charge in [0.1, 0.15) is 4.32 Å². The summed E-state index contributed by atoms with van der Waals surface area (Å²) in [4.78, 5) is 15.1. The van der Waals surface area contributed by atoms with Crippen LogP contribution in [0.25, 0.3) is 6.08 Å². The van der Waals surface area contributed by atoms with Crippen molar-refractivity contribution in [2.24, 2.45) is 5.92 Å². The number of thiocarbonyl (C=S) groups is 1. The molecule has 2 fully saturated rings. The molecule has 1 heterocycles. The molecular formula is C19H22BrNO3S2. The van der Waals surface area contributed by atoms with E-state index in [0.29, 0.717) is 26.0 Å². The lowest BCUT2D eigenvalue weighted by molar-refractivity contribution is -0.122. The van der Waals surface area contributed by atoms with Gasteiger partial charge >= 0.3 is 0 Å². The smallest absolute Gasteiger partial charge is 0.266 e. The molecule has 0 spiro atoms. The van der Waals surface area contributed by atoms with E-state index in [-0.39, 0.29) is 11.7 Å². The number of thioether (sulfide) groups is 1. The monoisotopic (exact) mass is 455 g/mol. The van der Waals surface area contributed by atoms with Crippen LogP contribution >= 0.6 is 39.9 Å². The lowest BCUT2D eigenvalue weighted by Gasteiger charge is -2.23. The van der Waals surface area contributed by atoms with Gasteiger partial charge < -0.3 is 9.84 Å². The van der Waals surface area contributed by atoms with Crippen molar-refractivity contribution < 1.29 is 14.6 Å². The van der Waals surface area contributed by atoms with Gasteiger partial charge in [-0.05, 0) is 52.0 Å². The first-order valence-corrected chi connectivity index (χ1v) is 10.8. The number of amides is 1. The number of carbonyl (C=O) groups excluding carboxylic acids is 1. The highest BCUT2D eigenvalue weighted by molar-refractivity contribution is 9.10. The van der Waals surface area contributed by atoms with Gasteiger partial charge in [0.15, 0.2) is 11.5 Å². The largest absolute Gasteiger partial charge is 0.503 e. The number of carbonyl (C=O) groups is 1. The molecule has 1 amide bonds. The Morgan fingerprint density at radius 2 is 2.12 bits per heavy atom. The summed E-state index contributed by atoms with van der Waals surface area (Å²) in [5.41, 5.74) is 0.777. The maximum absolute atomic E-state index is 12.8. The third-order valence-electron chi connectivity index (χ3n) is 4.93. The fraction of sp³-hybridized carbons (Fsp3) is 0.474. The van der Waals surface area contributed by atoms with Crippen molar-refractivity contribution in [3.63, 3.8) is 0 Å². The third-order valence-corrected chi connectivity index (χ3v) is 6.91. The zero-order valence-electron chi connectivity index (χ0n) is 14.7. The van der Waals surface area contributed by atoms with E-state index in [1.165, 1.54) is 51.0 Å². The Balaban J connectivity index is 1.71. The molecule has 0 radical (unpaired) electrons. The van der Waals surface area contributed by atoms with Crippen molar-refractivity contribution >= 4 is 56.2 Å². The molecule has 1 aromatic carbocycles. The highest BCUT2D eigenvalue weighted by Crippen LogP contribution is 2.38. The van der Waals surface area contributed by atoms with E-state index < -0.39 is 0 Å². The fourth-order valence-electron chi connectivity index (χ4n) is 3.46. The first-order chi connectivity index (χ1) is 12.5. The van der Waals surface area contributed by atoms with Gasteiger partial charge in [0.2, 0.25) is 0 Å². The summed E-state index contributed by atoms with van der Waals surface area (Å²) >= 11 is 10.1. The fourth-order valence-corrected chi connectivity index (χ4v) is 5.23. The van der Waals surface area contributed by atoms with E-state index in [9.17, 15) is 9.90 Å². The Kier molecular flexibility index (Phi) is 6.64. The van der Waals surface area contributed by atoms with Crippen LogP contribution in [0.4, 0.5) is 0 Å². The van der Waals surface area contributed by atoms with Crippen LogP contribution in [0, 0.1) is 5.92 Å². The first-order valence-electron chi connectivity index (χ1n) is 8.81. The van der Waals surface area contributed by atoms with E-state index in [1.807, 2.05) is 0 Å². The number of ether oxygens (including phenoxy) is 1. The number of hydrogen-bond donors (Lipinski definition) is 1. The second kappa shape index (κ2) is 8.76. The molecule has 3 rings (SSSR count). The molecule has 4 nitrogen and oxygen atoms in total. The Bertz CT molecular complexity index is 745. The molecule has 0 atom stereocenters. The molecule has 26 heavy (non-hydrogen) atoms. The third kappa shape index (κ3) is 4.43. The maximum atomic E-state index is 12.8. The van der Waals surface area contributed by atoms with Gasteiger partial charge in [-0.25, -0.2) is 0 Å². The second-order valence-corrected chi connectivity index (χ2v) is 9.21. The van der Waals surface area contributed by atoms with E-state index in [0.717, 1.165) is 17.9 Å². The molecule has 1 N–H and O–H groups in total. The summed E-state index contributed by atoms with van der Waals surface area (Å²) in [7, 11) is 1.50. The molecule has 1 aliphatic heterocycles. The van der Waals surface area contributed by atoms with Gasteiger partial charge in [0.25, 0.3) is 5.91 Å². The van der Waals surface area contributed by atoms with Crippen molar-refractivity contribution in [2.75, 3.05) is 13.7 Å². The standard InChI is InChI=1S/C19H22BrNO3S2/c1-24-15-10-13(9-14(20)17(15)22)11-16-18(23)21(19(25)26-16)8-7-12-5-3-2-4-6-12/h9-12,22H,2-8H2,1H3/b16-11-. The summed E-state index contributed by atoms with van der Waals surface area (Å²) in [6, 6.07) is 3.46. The second-order valence-electron chi connectivity index (χ2n) is 6.68. The molecule has 1 saturated carbocycles. The van der Waals surface area contributed by atoms with E-state index in [2.05, 4.69) is 15.9 Å². The predicted molar refractivity (Wildman–Crippen MR) is 113 cm³/mol. The zero-order valence-corrected chi connectivity index (χ0v) is 17.9. The summed E-state index contributed by atoms with van der Waals surface area (Å²) in [5.74, 6) is 1.09. The molecule has 7 heteroatoms. The Labute approximate surface area is 172 Å². The van der Waals surface area contributed by atoms with Crippen molar-refractivity contribution in [2.45, 2.75) is 38.5 Å². The van der Waals surface area contributed by atoms with E-state index in [1.54, 1.807) is 23.1 Å². The Morgan fingerprint density at radius 3 is 2.81 bits per heavy atom. The highest BCUT2D eigenvalue weighted by Gasteiger charge is 2.32. The van der Waals surface area contributed by atoms with Gasteiger partial charge in [-0.1, -0.05) is 56.1 Å². The molecule has 0 unspecified atom stereocenters. The summed E-state index contributed by atoms with van der Waals surface area (Å²) in [6.07, 6.45) is 9.32. The van der Waals surface area contributed by atoms with Gasteiger partial charge in [0.05, 0.1) is 16.5 Å². The average Bonchev–Trinajstić information content (AvgIpc) is 2.90. The minimum atomic E-state index is -0.0287. The molecule has 1 aromatic rings. The number of nitrogens with zero attached hydrogens (tertiary/aromatic N) is 1. The molecule has 2 aliphatic rings. The van der Waals surface area contributed by atoms with Crippen LogP contribution in [0.3, 0.4) is 0 Å². The number of rotatable bonds is 5. The molecular weight excluding hydrogens is 434 g/mol. The number of methoxy groups -OCH3 is 1. The van der Waals surface area contributed by atoms with Crippen LogP contribution < -0.4 is 4.74 Å². The minimum Gasteiger partial charge on any atom is -0.503 e. The van der Waals surface area contributed by atoms with Crippen LogP contribution in [-0.2, 0) is 4.79 Å². The SMILES string of the molecule is COc1cc(/C=C2\SC(=S)N(CCC3CCCCC3)C2=O)cc(Br)c1O. The first kappa shape index (κ1) is 19.7. The maximum Gasteiger partial charge on any atom is 0.266 e. The molecule has 0 bridgehead atoms. The van der Waals surface area contributed by atoms with E-state index in [4.69, 9.17) is 17.0 Å². The molecule has 1 saturated heterocycles. The average molecular weight is 456 g/mol. The van der Waals surface area contributed by atoms with Gasteiger partial charge in [-0.3, -0.25) is 9.69 Å². The van der Waals surface area contributed by atoms with Gasteiger partial charge in [-0.2, -0.15) is 0 Å².